The summed E-state index contributed by atoms with van der Waals surface area (Å²) >= 11 is 1.46. The van der Waals surface area contributed by atoms with Gasteiger partial charge in [0.25, 0.3) is 0 Å². The Morgan fingerprint density at radius 1 is 0.967 bits per heavy atom. The Bertz CT molecular complexity index is 998. The molecule has 2 amide bonds. The zero-order chi connectivity index (χ0) is 21.3. The first kappa shape index (κ1) is 21.9. The number of anilines is 2. The van der Waals surface area contributed by atoms with Gasteiger partial charge in [0.15, 0.2) is 5.16 Å². The lowest BCUT2D eigenvalue weighted by Gasteiger charge is -2.09. The molecule has 0 fully saturated rings. The number of para-hydroxylation sites is 2. The minimum Gasteiger partial charge on any atom is -0.326 e. The highest BCUT2D eigenvalue weighted by Gasteiger charge is 2.13. The van der Waals surface area contributed by atoms with E-state index in [-0.39, 0.29) is 17.6 Å². The summed E-state index contributed by atoms with van der Waals surface area (Å²) in [5.41, 5.74) is 3.48. The number of amides is 2. The lowest BCUT2D eigenvalue weighted by Crippen LogP contribution is -2.15. The first-order chi connectivity index (χ1) is 14.6. The maximum atomic E-state index is 12.4. The lowest BCUT2D eigenvalue weighted by molar-refractivity contribution is -0.114. The largest absolute Gasteiger partial charge is 0.326 e. The van der Waals surface area contributed by atoms with Crippen molar-refractivity contribution < 1.29 is 9.59 Å². The number of carbonyl (C=O) groups is 2. The van der Waals surface area contributed by atoms with Crippen LogP contribution in [0.15, 0.2) is 53.7 Å². The summed E-state index contributed by atoms with van der Waals surface area (Å²) in [4.78, 5) is 28.3. The molecule has 6 nitrogen and oxygen atoms in total. The summed E-state index contributed by atoms with van der Waals surface area (Å²) in [7, 11) is 0. The van der Waals surface area contributed by atoms with Crippen molar-refractivity contribution in [3.8, 4) is 0 Å². The third kappa shape index (κ3) is 6.10. The highest BCUT2D eigenvalue weighted by atomic mass is 32.2. The zero-order valence-corrected chi connectivity index (χ0v) is 18.3. The molecule has 1 heterocycles. The number of hydrogen-bond donors (Lipinski definition) is 2. The van der Waals surface area contributed by atoms with E-state index in [1.54, 1.807) is 24.3 Å². The predicted octanol–water partition coefficient (Wildman–Crippen LogP) is 5.31. The van der Waals surface area contributed by atoms with E-state index >= 15 is 0 Å². The van der Waals surface area contributed by atoms with Crippen LogP contribution in [-0.2, 0) is 16.1 Å². The van der Waals surface area contributed by atoms with Crippen molar-refractivity contribution in [1.82, 2.24) is 9.55 Å². The molecule has 0 bridgehead atoms. The van der Waals surface area contributed by atoms with Crippen LogP contribution >= 0.6 is 11.8 Å². The van der Waals surface area contributed by atoms with Crippen molar-refractivity contribution in [1.29, 1.82) is 0 Å². The molecule has 0 atom stereocenters. The van der Waals surface area contributed by atoms with E-state index in [1.165, 1.54) is 37.9 Å². The van der Waals surface area contributed by atoms with Gasteiger partial charge < -0.3 is 15.2 Å². The molecule has 0 aliphatic carbocycles. The maximum absolute atomic E-state index is 12.4. The summed E-state index contributed by atoms with van der Waals surface area (Å²) < 4.78 is 2.23. The number of thioether (sulfide) groups is 1. The summed E-state index contributed by atoms with van der Waals surface area (Å²) in [6.45, 7) is 4.58. The third-order valence-electron chi connectivity index (χ3n) is 4.68. The van der Waals surface area contributed by atoms with Crippen LogP contribution in [0.5, 0.6) is 0 Å². The van der Waals surface area contributed by atoms with Gasteiger partial charge in [-0.2, -0.15) is 0 Å². The smallest absolute Gasteiger partial charge is 0.234 e. The SMILES string of the molecule is CCCCCCn1c(SCC(=O)Nc2ccc(NC(C)=O)cc2)nc2ccccc21. The predicted molar refractivity (Wildman–Crippen MR) is 124 cm³/mol. The highest BCUT2D eigenvalue weighted by molar-refractivity contribution is 7.99. The molecule has 158 valence electrons. The standard InChI is InChI=1S/C23H28N4O2S/c1-3-4-5-8-15-27-21-10-7-6-9-20(21)26-23(27)30-16-22(29)25-19-13-11-18(12-14-19)24-17(2)28/h6-7,9-14H,3-5,8,15-16H2,1-2H3,(H,24,28)(H,25,29). The Morgan fingerprint density at radius 2 is 1.67 bits per heavy atom. The Balaban J connectivity index is 1.61. The van der Waals surface area contributed by atoms with E-state index in [0.29, 0.717) is 11.4 Å². The number of aryl methyl sites for hydroxylation is 1. The van der Waals surface area contributed by atoms with Crippen molar-refractivity contribution in [2.24, 2.45) is 0 Å². The quantitative estimate of drug-likeness (QED) is 0.342. The Morgan fingerprint density at radius 3 is 2.37 bits per heavy atom. The first-order valence-electron chi connectivity index (χ1n) is 10.3. The molecule has 30 heavy (non-hydrogen) atoms. The van der Waals surface area contributed by atoms with Crippen LogP contribution in [-0.4, -0.2) is 27.1 Å². The number of rotatable bonds is 10. The maximum Gasteiger partial charge on any atom is 0.234 e. The first-order valence-corrected chi connectivity index (χ1v) is 11.3. The van der Waals surface area contributed by atoms with Gasteiger partial charge in [0.2, 0.25) is 11.8 Å². The van der Waals surface area contributed by atoms with E-state index in [2.05, 4.69) is 28.2 Å². The van der Waals surface area contributed by atoms with Crippen LogP contribution in [0.25, 0.3) is 11.0 Å². The molecule has 0 spiro atoms. The van der Waals surface area contributed by atoms with Gasteiger partial charge in [-0.3, -0.25) is 9.59 Å². The van der Waals surface area contributed by atoms with Crippen LogP contribution < -0.4 is 10.6 Å². The number of nitrogens with one attached hydrogen (secondary N) is 2. The molecule has 3 rings (SSSR count). The molecule has 2 N–H and O–H groups in total. The lowest BCUT2D eigenvalue weighted by atomic mass is 10.2. The second-order valence-corrected chi connectivity index (χ2v) is 8.13. The molecule has 1 aromatic heterocycles. The summed E-state index contributed by atoms with van der Waals surface area (Å²) in [6, 6.07) is 15.2. The Kier molecular flexibility index (Phi) is 7.90. The molecular weight excluding hydrogens is 396 g/mol. The fraction of sp³-hybridized carbons (Fsp3) is 0.348. The monoisotopic (exact) mass is 424 g/mol. The van der Waals surface area contributed by atoms with Crippen molar-refractivity contribution >= 4 is 46.0 Å². The zero-order valence-electron chi connectivity index (χ0n) is 17.5. The summed E-state index contributed by atoms with van der Waals surface area (Å²) in [5.74, 6) is 0.0729. The van der Waals surface area contributed by atoms with E-state index in [1.807, 2.05) is 18.2 Å². The third-order valence-corrected chi connectivity index (χ3v) is 5.65. The molecule has 3 aromatic rings. The fourth-order valence-electron chi connectivity index (χ4n) is 3.24. The average molecular weight is 425 g/mol. The average Bonchev–Trinajstić information content (AvgIpc) is 3.08. The van der Waals surface area contributed by atoms with Crippen molar-refractivity contribution in [2.45, 2.75) is 51.2 Å². The van der Waals surface area contributed by atoms with Crippen molar-refractivity contribution in [3.05, 3.63) is 48.5 Å². The van der Waals surface area contributed by atoms with Gasteiger partial charge in [0, 0.05) is 24.8 Å². The number of carbonyl (C=O) groups excluding carboxylic acids is 2. The molecule has 0 unspecified atom stereocenters. The van der Waals surface area contributed by atoms with E-state index in [4.69, 9.17) is 4.98 Å². The van der Waals surface area contributed by atoms with Crippen molar-refractivity contribution in [2.75, 3.05) is 16.4 Å². The Labute approximate surface area is 181 Å². The molecule has 0 radical (unpaired) electrons. The summed E-state index contributed by atoms with van der Waals surface area (Å²) in [6.07, 6.45) is 4.74. The van der Waals surface area contributed by atoms with Gasteiger partial charge in [-0.15, -0.1) is 0 Å². The minimum absolute atomic E-state index is 0.0862. The van der Waals surface area contributed by atoms with Gasteiger partial charge in [0.1, 0.15) is 0 Å². The number of unbranched alkanes of at least 4 members (excludes halogenated alkanes) is 3. The number of imidazole rings is 1. The second-order valence-electron chi connectivity index (χ2n) is 7.19. The van der Waals surface area contributed by atoms with E-state index < -0.39 is 0 Å². The molecule has 0 aliphatic heterocycles. The number of nitrogens with zero attached hydrogens (tertiary/aromatic N) is 2. The second kappa shape index (κ2) is 10.8. The number of fused-ring (bicyclic) bond motifs is 1. The van der Waals surface area contributed by atoms with Gasteiger partial charge in [0.05, 0.1) is 16.8 Å². The molecule has 0 saturated heterocycles. The topological polar surface area (TPSA) is 76.0 Å². The number of hydrogen-bond acceptors (Lipinski definition) is 4. The number of aromatic nitrogens is 2. The molecule has 7 heteroatoms. The van der Waals surface area contributed by atoms with Crippen LogP contribution in [0, 0.1) is 0 Å². The molecule has 0 saturated carbocycles. The molecule has 2 aromatic carbocycles. The molecule has 0 aliphatic rings. The van der Waals surface area contributed by atoms with Crippen LogP contribution in [0.4, 0.5) is 11.4 Å². The molecular formula is C23H28N4O2S. The summed E-state index contributed by atoms with van der Waals surface area (Å²) in [5, 5.41) is 6.48. The normalized spacial score (nSPS) is 10.9. The fourth-order valence-corrected chi connectivity index (χ4v) is 4.08. The van der Waals surface area contributed by atoms with Gasteiger partial charge in [-0.25, -0.2) is 4.98 Å². The number of benzene rings is 2. The van der Waals surface area contributed by atoms with Gasteiger partial charge in [-0.1, -0.05) is 50.1 Å². The van der Waals surface area contributed by atoms with Gasteiger partial charge in [-0.05, 0) is 42.8 Å². The van der Waals surface area contributed by atoms with E-state index in [0.717, 1.165) is 29.2 Å². The van der Waals surface area contributed by atoms with Crippen molar-refractivity contribution in [3.63, 3.8) is 0 Å². The highest BCUT2D eigenvalue weighted by Crippen LogP contribution is 2.25. The van der Waals surface area contributed by atoms with E-state index in [9.17, 15) is 9.59 Å². The van der Waals surface area contributed by atoms with Crippen LogP contribution in [0.3, 0.4) is 0 Å². The van der Waals surface area contributed by atoms with Crippen LogP contribution in [0.2, 0.25) is 0 Å². The van der Waals surface area contributed by atoms with Crippen LogP contribution in [0.1, 0.15) is 39.5 Å². The Hall–Kier alpha value is -2.80. The van der Waals surface area contributed by atoms with Gasteiger partial charge >= 0.3 is 0 Å². The minimum atomic E-state index is -0.124.